The number of rotatable bonds is 4. The molecule has 1 saturated carbocycles. The Labute approximate surface area is 183 Å². The second-order valence-electron chi connectivity index (χ2n) is 8.77. The van der Waals surface area contributed by atoms with E-state index in [0.717, 1.165) is 37.0 Å². The molecule has 166 valence electrons. The predicted octanol–water partition coefficient (Wildman–Crippen LogP) is 0.238. The van der Waals surface area contributed by atoms with Crippen molar-refractivity contribution in [2.45, 2.75) is 43.7 Å². The number of nitrogens with one attached hydrogen (secondary N) is 1. The molecule has 2 heterocycles. The van der Waals surface area contributed by atoms with Crippen LogP contribution < -0.4 is 14.4 Å². The van der Waals surface area contributed by atoms with Gasteiger partial charge in [-0.25, -0.2) is 0 Å². The molecule has 8 nitrogen and oxygen atoms in total. The zero-order valence-electron chi connectivity index (χ0n) is 18.1. The molecule has 0 aromatic heterocycles. The van der Waals surface area contributed by atoms with Crippen molar-refractivity contribution in [1.82, 2.24) is 9.80 Å². The highest BCUT2D eigenvalue weighted by Crippen LogP contribution is 2.32. The maximum atomic E-state index is 12.9. The molecule has 2 fully saturated rings. The third-order valence-electron chi connectivity index (χ3n) is 6.87. The molecule has 2 aliphatic heterocycles. The number of fused-ring (bicyclic) bond motifs is 1. The van der Waals surface area contributed by atoms with Gasteiger partial charge < -0.3 is 24.2 Å². The fourth-order valence-corrected chi connectivity index (χ4v) is 4.80. The first-order valence-electron chi connectivity index (χ1n) is 11.2. The van der Waals surface area contributed by atoms with Crippen molar-refractivity contribution < 1.29 is 24.0 Å². The first-order chi connectivity index (χ1) is 15.0. The summed E-state index contributed by atoms with van der Waals surface area (Å²) in [5.74, 6) is 1.21. The molecule has 1 aromatic rings. The fourth-order valence-electron chi connectivity index (χ4n) is 4.80. The van der Waals surface area contributed by atoms with Crippen LogP contribution in [0, 0.1) is 11.3 Å². The number of nitrogens with zero attached hydrogens (tertiary/aromatic N) is 3. The van der Waals surface area contributed by atoms with Gasteiger partial charge in [0.05, 0.1) is 32.2 Å². The highest BCUT2D eigenvalue weighted by Gasteiger charge is 2.40. The normalized spacial score (nSPS) is 23.0. The summed E-state index contributed by atoms with van der Waals surface area (Å²) in [6.07, 6.45) is 4.01. The highest BCUT2D eigenvalue weighted by atomic mass is 16.6. The molecular weight excluding hydrogens is 396 g/mol. The van der Waals surface area contributed by atoms with Gasteiger partial charge in [0, 0.05) is 7.05 Å². The van der Waals surface area contributed by atoms with Gasteiger partial charge in [0.25, 0.3) is 11.8 Å². The van der Waals surface area contributed by atoms with E-state index in [1.54, 1.807) is 22.9 Å². The molecule has 1 aromatic carbocycles. The molecule has 1 saturated heterocycles. The van der Waals surface area contributed by atoms with Crippen LogP contribution in [0.25, 0.3) is 0 Å². The van der Waals surface area contributed by atoms with E-state index in [-0.39, 0.29) is 18.4 Å². The van der Waals surface area contributed by atoms with Crippen molar-refractivity contribution in [2.24, 2.45) is 0 Å². The van der Waals surface area contributed by atoms with Crippen molar-refractivity contribution in [3.05, 3.63) is 24.3 Å². The molecule has 0 spiro atoms. The van der Waals surface area contributed by atoms with Crippen LogP contribution in [-0.2, 0) is 9.59 Å². The summed E-state index contributed by atoms with van der Waals surface area (Å²) < 4.78 is 11.5. The summed E-state index contributed by atoms with van der Waals surface area (Å²) in [4.78, 5) is 30.4. The van der Waals surface area contributed by atoms with Crippen LogP contribution in [0.15, 0.2) is 24.3 Å². The van der Waals surface area contributed by atoms with Gasteiger partial charge >= 0.3 is 0 Å². The summed E-state index contributed by atoms with van der Waals surface area (Å²) in [7, 11) is 1.77. The van der Waals surface area contributed by atoms with Crippen LogP contribution >= 0.6 is 0 Å². The molecule has 2 amide bonds. The van der Waals surface area contributed by atoms with Gasteiger partial charge in [0.1, 0.15) is 12.1 Å². The topological polar surface area (TPSA) is 87.3 Å². The number of likely N-dealkylation sites (N-methyl/N-ethyl adjacent to an activating group) is 1. The van der Waals surface area contributed by atoms with Crippen molar-refractivity contribution in [2.75, 3.05) is 46.4 Å². The SMILES string of the molecule is CN(C(=O)C[NH+]1CCN(C(=O)[C@H]2COc3ccccc3O2)CC1)C1(C#N)CCCCC1. The van der Waals surface area contributed by atoms with Crippen LogP contribution in [0.4, 0.5) is 0 Å². The van der Waals surface area contributed by atoms with Crippen LogP contribution in [0.3, 0.4) is 0 Å². The number of quaternary nitrogens is 1. The largest absolute Gasteiger partial charge is 0.485 e. The number of carbonyl (C=O) groups is 2. The third-order valence-corrected chi connectivity index (χ3v) is 6.87. The van der Waals surface area contributed by atoms with Crippen molar-refractivity contribution >= 4 is 11.8 Å². The molecule has 4 rings (SSSR count). The predicted molar refractivity (Wildman–Crippen MR) is 113 cm³/mol. The molecule has 0 unspecified atom stereocenters. The molecule has 1 aliphatic carbocycles. The van der Waals surface area contributed by atoms with E-state index < -0.39 is 11.6 Å². The molecule has 31 heavy (non-hydrogen) atoms. The Morgan fingerprint density at radius 1 is 1.19 bits per heavy atom. The number of benzene rings is 1. The minimum Gasteiger partial charge on any atom is -0.485 e. The average molecular weight is 428 g/mol. The summed E-state index contributed by atoms with van der Waals surface area (Å²) in [5.41, 5.74) is -0.652. The van der Waals surface area contributed by atoms with Gasteiger partial charge in [-0.3, -0.25) is 9.59 Å². The number of para-hydroxylation sites is 2. The van der Waals surface area contributed by atoms with Crippen molar-refractivity contribution in [1.29, 1.82) is 5.26 Å². The summed E-state index contributed by atoms with van der Waals surface area (Å²) in [6.45, 7) is 3.14. The van der Waals surface area contributed by atoms with Crippen LogP contribution in [0.1, 0.15) is 32.1 Å². The number of ether oxygens (including phenoxy) is 2. The molecule has 1 N–H and O–H groups in total. The number of hydrogen-bond acceptors (Lipinski definition) is 5. The summed E-state index contributed by atoms with van der Waals surface area (Å²) >= 11 is 0. The second-order valence-corrected chi connectivity index (χ2v) is 8.77. The maximum absolute atomic E-state index is 12.9. The van der Waals surface area contributed by atoms with Crippen LogP contribution in [0.2, 0.25) is 0 Å². The third kappa shape index (κ3) is 4.47. The van der Waals surface area contributed by atoms with E-state index in [1.807, 2.05) is 18.2 Å². The lowest BCUT2D eigenvalue weighted by atomic mass is 9.81. The van der Waals surface area contributed by atoms with Crippen molar-refractivity contribution in [3.63, 3.8) is 0 Å². The van der Waals surface area contributed by atoms with E-state index in [1.165, 1.54) is 0 Å². The van der Waals surface area contributed by atoms with E-state index in [4.69, 9.17) is 9.47 Å². The maximum Gasteiger partial charge on any atom is 0.278 e. The van der Waals surface area contributed by atoms with E-state index in [2.05, 4.69) is 6.07 Å². The van der Waals surface area contributed by atoms with Crippen LogP contribution in [0.5, 0.6) is 11.5 Å². The number of piperazine rings is 1. The lowest BCUT2D eigenvalue weighted by Crippen LogP contribution is -3.16. The smallest absolute Gasteiger partial charge is 0.278 e. The fraction of sp³-hybridized carbons (Fsp3) is 0.609. The Hall–Kier alpha value is -2.79. The number of carbonyl (C=O) groups excluding carboxylic acids is 2. The molecular formula is C23H31N4O4+. The minimum atomic E-state index is -0.652. The van der Waals surface area contributed by atoms with Gasteiger partial charge in [-0.05, 0) is 25.0 Å². The summed E-state index contributed by atoms with van der Waals surface area (Å²) in [5, 5.41) is 9.73. The standard InChI is InChI=1S/C23H30N4O4/c1-25(23(17-24)9-5-2-6-10-23)21(28)15-26-11-13-27(14-12-26)22(29)20-16-30-18-7-3-4-8-19(18)31-20/h3-4,7-8,20H,2,5-6,9-16H2,1H3/p+1/t20-/m1/s1. The Kier molecular flexibility index (Phi) is 6.33. The number of hydrogen-bond donors (Lipinski definition) is 1. The Balaban J connectivity index is 1.27. The Bertz CT molecular complexity index is 853. The van der Waals surface area contributed by atoms with Gasteiger partial charge in [0.15, 0.2) is 18.0 Å². The number of amides is 2. The van der Waals surface area contributed by atoms with Gasteiger partial charge in [-0.2, -0.15) is 5.26 Å². The van der Waals surface area contributed by atoms with E-state index in [0.29, 0.717) is 44.2 Å². The lowest BCUT2D eigenvalue weighted by Gasteiger charge is -2.40. The second kappa shape index (κ2) is 9.15. The van der Waals surface area contributed by atoms with Gasteiger partial charge in [-0.15, -0.1) is 0 Å². The van der Waals surface area contributed by atoms with E-state index in [9.17, 15) is 14.9 Å². The number of nitriles is 1. The van der Waals surface area contributed by atoms with Gasteiger partial charge in [0.2, 0.25) is 6.10 Å². The molecule has 0 bridgehead atoms. The van der Waals surface area contributed by atoms with Crippen molar-refractivity contribution in [3.8, 4) is 17.6 Å². The first kappa shape index (κ1) is 21.4. The lowest BCUT2D eigenvalue weighted by molar-refractivity contribution is -0.896. The molecule has 8 heteroatoms. The monoisotopic (exact) mass is 427 g/mol. The minimum absolute atomic E-state index is 0.0128. The first-order valence-corrected chi connectivity index (χ1v) is 11.2. The molecule has 3 aliphatic rings. The van der Waals surface area contributed by atoms with E-state index >= 15 is 0 Å². The Morgan fingerprint density at radius 2 is 1.87 bits per heavy atom. The highest BCUT2D eigenvalue weighted by molar-refractivity contribution is 5.82. The van der Waals surface area contributed by atoms with Gasteiger partial charge in [-0.1, -0.05) is 31.4 Å². The Morgan fingerprint density at radius 3 is 2.55 bits per heavy atom. The zero-order valence-corrected chi connectivity index (χ0v) is 18.1. The summed E-state index contributed by atoms with van der Waals surface area (Å²) in [6, 6.07) is 9.78. The zero-order chi connectivity index (χ0) is 21.8. The molecule has 0 radical (unpaired) electrons. The quantitative estimate of drug-likeness (QED) is 0.744. The molecule has 1 atom stereocenters. The average Bonchev–Trinajstić information content (AvgIpc) is 2.83. The van der Waals surface area contributed by atoms with Crippen LogP contribution in [-0.4, -0.2) is 79.6 Å².